The number of amides is 2. The van der Waals surface area contributed by atoms with E-state index in [1.54, 1.807) is 4.90 Å². The Morgan fingerprint density at radius 1 is 1.50 bits per heavy atom. The maximum Gasteiger partial charge on any atom is 0.317 e. The number of urea groups is 1. The van der Waals surface area contributed by atoms with Crippen LogP contribution >= 0.6 is 11.8 Å². The van der Waals surface area contributed by atoms with Gasteiger partial charge in [0, 0.05) is 24.4 Å². The van der Waals surface area contributed by atoms with Gasteiger partial charge in [0.2, 0.25) is 0 Å². The van der Waals surface area contributed by atoms with E-state index in [9.17, 15) is 9.59 Å². The van der Waals surface area contributed by atoms with Crippen molar-refractivity contribution in [3.63, 3.8) is 0 Å². The summed E-state index contributed by atoms with van der Waals surface area (Å²) in [7, 11) is 0. The van der Waals surface area contributed by atoms with Gasteiger partial charge < -0.3 is 15.3 Å². The van der Waals surface area contributed by atoms with E-state index in [1.165, 1.54) is 5.75 Å². The quantitative estimate of drug-likeness (QED) is 0.801. The van der Waals surface area contributed by atoms with Gasteiger partial charge in [-0.2, -0.15) is 11.8 Å². The van der Waals surface area contributed by atoms with E-state index in [2.05, 4.69) is 5.32 Å². The highest BCUT2D eigenvalue weighted by Gasteiger charge is 2.22. The molecule has 1 heterocycles. The molecule has 1 saturated heterocycles. The van der Waals surface area contributed by atoms with Crippen molar-refractivity contribution in [3.05, 3.63) is 0 Å². The molecular weight excluding hydrogens is 252 g/mol. The van der Waals surface area contributed by atoms with Crippen molar-refractivity contribution < 1.29 is 14.7 Å². The number of hydrogen-bond donors (Lipinski definition) is 2. The first-order valence-corrected chi connectivity index (χ1v) is 7.53. The number of carboxylic acid groups (broad SMARTS) is 1. The molecule has 2 amide bonds. The molecule has 0 saturated carbocycles. The molecule has 1 rings (SSSR count). The number of rotatable bonds is 5. The van der Waals surface area contributed by atoms with Crippen molar-refractivity contribution in [2.45, 2.75) is 45.2 Å². The Balaban J connectivity index is 2.45. The summed E-state index contributed by atoms with van der Waals surface area (Å²) in [6.07, 6.45) is 2.14. The summed E-state index contributed by atoms with van der Waals surface area (Å²) in [6.45, 7) is 4.06. The second-order valence-corrected chi connectivity index (χ2v) is 5.94. The first-order chi connectivity index (χ1) is 8.50. The molecular formula is C12H22N2O3S. The van der Waals surface area contributed by atoms with Gasteiger partial charge in [-0.05, 0) is 32.4 Å². The fraction of sp³-hybridized carbons (Fsp3) is 0.833. The molecule has 1 aliphatic heterocycles. The first kappa shape index (κ1) is 15.1. The van der Waals surface area contributed by atoms with E-state index < -0.39 is 5.97 Å². The summed E-state index contributed by atoms with van der Waals surface area (Å²) >= 11 is 1.86. The van der Waals surface area contributed by atoms with Crippen LogP contribution in [0.15, 0.2) is 0 Å². The molecule has 0 aliphatic carbocycles. The van der Waals surface area contributed by atoms with Crippen LogP contribution in [0.5, 0.6) is 0 Å². The second-order valence-electron chi connectivity index (χ2n) is 4.79. The largest absolute Gasteiger partial charge is 0.481 e. The minimum absolute atomic E-state index is 0.00891. The van der Waals surface area contributed by atoms with Gasteiger partial charge in [0.25, 0.3) is 0 Å². The van der Waals surface area contributed by atoms with Gasteiger partial charge in [0.15, 0.2) is 0 Å². The van der Waals surface area contributed by atoms with Crippen molar-refractivity contribution in [1.82, 2.24) is 10.2 Å². The highest BCUT2D eigenvalue weighted by molar-refractivity contribution is 7.99. The van der Waals surface area contributed by atoms with Gasteiger partial charge in [-0.15, -0.1) is 0 Å². The molecule has 1 unspecified atom stereocenters. The molecule has 5 nitrogen and oxygen atoms in total. The molecule has 18 heavy (non-hydrogen) atoms. The molecule has 0 aromatic heterocycles. The number of carbonyl (C=O) groups is 2. The van der Waals surface area contributed by atoms with Crippen molar-refractivity contribution in [2.24, 2.45) is 0 Å². The molecule has 104 valence electrons. The average Bonchev–Trinajstić information content (AvgIpc) is 2.29. The number of aliphatic carboxylic acids is 1. The molecule has 6 heteroatoms. The monoisotopic (exact) mass is 274 g/mol. The number of thioether (sulfide) groups is 1. The topological polar surface area (TPSA) is 69.6 Å². The fourth-order valence-electron chi connectivity index (χ4n) is 1.92. The third kappa shape index (κ3) is 5.16. The molecule has 0 bridgehead atoms. The van der Waals surface area contributed by atoms with Crippen molar-refractivity contribution in [1.29, 1.82) is 0 Å². The molecule has 0 spiro atoms. The molecule has 2 N–H and O–H groups in total. The van der Waals surface area contributed by atoms with Crippen molar-refractivity contribution in [3.8, 4) is 0 Å². The predicted octanol–water partition coefficient (Wildman–Crippen LogP) is 1.78. The van der Waals surface area contributed by atoms with Crippen LogP contribution in [0.2, 0.25) is 0 Å². The third-order valence-electron chi connectivity index (χ3n) is 2.94. The van der Waals surface area contributed by atoms with Crippen LogP contribution in [0.25, 0.3) is 0 Å². The molecule has 1 aliphatic rings. The summed E-state index contributed by atoms with van der Waals surface area (Å²) in [5.74, 6) is 1.25. The van der Waals surface area contributed by atoms with Gasteiger partial charge in [0.05, 0.1) is 6.42 Å². The van der Waals surface area contributed by atoms with Crippen LogP contribution in [-0.2, 0) is 4.79 Å². The Kier molecular flexibility index (Phi) is 6.32. The van der Waals surface area contributed by atoms with E-state index >= 15 is 0 Å². The Bertz CT molecular complexity index is 291. The number of carboxylic acids is 1. The smallest absolute Gasteiger partial charge is 0.317 e. The second kappa shape index (κ2) is 7.51. The van der Waals surface area contributed by atoms with E-state index in [0.717, 1.165) is 18.6 Å². The number of nitrogens with one attached hydrogen (secondary N) is 1. The standard InChI is InChI=1S/C12H22N2O3S/c1-9(2)14(6-5-11(15)16)12(17)13-10-4-3-7-18-8-10/h9-10H,3-8H2,1-2H3,(H,13,17)(H,15,16). The number of nitrogens with zero attached hydrogens (tertiary/aromatic N) is 1. The number of carbonyl (C=O) groups excluding carboxylic acids is 1. The van der Waals surface area contributed by atoms with Crippen LogP contribution in [0.4, 0.5) is 4.79 Å². The van der Waals surface area contributed by atoms with E-state index in [-0.39, 0.29) is 31.1 Å². The van der Waals surface area contributed by atoms with Crippen LogP contribution in [0, 0.1) is 0 Å². The van der Waals surface area contributed by atoms with Gasteiger partial charge in [-0.25, -0.2) is 4.79 Å². The van der Waals surface area contributed by atoms with E-state index in [4.69, 9.17) is 5.11 Å². The Morgan fingerprint density at radius 3 is 2.72 bits per heavy atom. The lowest BCUT2D eigenvalue weighted by molar-refractivity contribution is -0.137. The summed E-state index contributed by atoms with van der Waals surface area (Å²) < 4.78 is 0. The minimum Gasteiger partial charge on any atom is -0.481 e. The average molecular weight is 274 g/mol. The van der Waals surface area contributed by atoms with Crippen LogP contribution in [-0.4, -0.2) is 52.1 Å². The number of hydrogen-bond acceptors (Lipinski definition) is 3. The van der Waals surface area contributed by atoms with Crippen LogP contribution in [0.1, 0.15) is 33.1 Å². The lowest BCUT2D eigenvalue weighted by Gasteiger charge is -2.30. The first-order valence-electron chi connectivity index (χ1n) is 6.37. The lowest BCUT2D eigenvalue weighted by atomic mass is 10.2. The zero-order valence-electron chi connectivity index (χ0n) is 11.0. The molecule has 1 fully saturated rings. The molecule has 1 atom stereocenters. The highest BCUT2D eigenvalue weighted by atomic mass is 32.2. The zero-order valence-corrected chi connectivity index (χ0v) is 11.8. The maximum atomic E-state index is 12.1. The predicted molar refractivity (Wildman–Crippen MR) is 73.0 cm³/mol. The molecule has 0 aromatic rings. The van der Waals surface area contributed by atoms with E-state index in [0.29, 0.717) is 0 Å². The SMILES string of the molecule is CC(C)N(CCC(=O)O)C(=O)NC1CCCSC1. The summed E-state index contributed by atoms with van der Waals surface area (Å²) in [5, 5.41) is 11.7. The van der Waals surface area contributed by atoms with Gasteiger partial charge in [-0.1, -0.05) is 0 Å². The Morgan fingerprint density at radius 2 is 2.22 bits per heavy atom. The maximum absolute atomic E-state index is 12.1. The summed E-state index contributed by atoms with van der Waals surface area (Å²) in [4.78, 5) is 24.2. The minimum atomic E-state index is -0.873. The molecule has 0 aromatic carbocycles. The van der Waals surface area contributed by atoms with Crippen LogP contribution in [0.3, 0.4) is 0 Å². The zero-order chi connectivity index (χ0) is 13.5. The van der Waals surface area contributed by atoms with Crippen molar-refractivity contribution >= 4 is 23.8 Å². The van der Waals surface area contributed by atoms with Crippen LogP contribution < -0.4 is 5.32 Å². The Hall–Kier alpha value is -0.910. The van der Waals surface area contributed by atoms with Gasteiger partial charge >= 0.3 is 12.0 Å². The molecule has 0 radical (unpaired) electrons. The third-order valence-corrected chi connectivity index (χ3v) is 4.15. The van der Waals surface area contributed by atoms with Gasteiger partial charge in [0.1, 0.15) is 0 Å². The van der Waals surface area contributed by atoms with Crippen molar-refractivity contribution in [2.75, 3.05) is 18.1 Å². The summed E-state index contributed by atoms with van der Waals surface area (Å²) in [6, 6.07) is 0.0988. The summed E-state index contributed by atoms with van der Waals surface area (Å²) in [5.41, 5.74) is 0. The fourth-order valence-corrected chi connectivity index (χ4v) is 2.99. The highest BCUT2D eigenvalue weighted by Crippen LogP contribution is 2.17. The lowest BCUT2D eigenvalue weighted by Crippen LogP contribution is -2.49. The Labute approximate surface area is 112 Å². The van der Waals surface area contributed by atoms with Gasteiger partial charge in [-0.3, -0.25) is 4.79 Å². The normalized spacial score (nSPS) is 19.6. The van der Waals surface area contributed by atoms with E-state index in [1.807, 2.05) is 25.6 Å².